The zero-order chi connectivity index (χ0) is 20.5. The van der Waals surface area contributed by atoms with Crippen molar-refractivity contribution in [3.63, 3.8) is 0 Å². The van der Waals surface area contributed by atoms with Crippen LogP contribution in [0.3, 0.4) is 0 Å². The van der Waals surface area contributed by atoms with E-state index in [1.165, 1.54) is 11.1 Å². The first-order valence-electron chi connectivity index (χ1n) is 9.94. The Balaban J connectivity index is 1.72. The third kappa shape index (κ3) is 6.22. The van der Waals surface area contributed by atoms with Gasteiger partial charge >= 0.3 is 0 Å². The van der Waals surface area contributed by atoms with Gasteiger partial charge in [-0.1, -0.05) is 49.4 Å². The maximum absolute atomic E-state index is 12.1. The molecule has 0 atom stereocenters. The molecule has 152 valence electrons. The van der Waals surface area contributed by atoms with Gasteiger partial charge in [0.2, 0.25) is 0 Å². The molecule has 0 radical (unpaired) electrons. The van der Waals surface area contributed by atoms with Crippen molar-refractivity contribution in [2.45, 2.75) is 33.0 Å². The van der Waals surface area contributed by atoms with Gasteiger partial charge in [-0.3, -0.25) is 9.69 Å². The number of hydrogen-bond acceptors (Lipinski definition) is 4. The zero-order valence-corrected chi connectivity index (χ0v) is 17.1. The largest absolute Gasteiger partial charge is 0.497 e. The Bertz CT molecular complexity index is 888. The summed E-state index contributed by atoms with van der Waals surface area (Å²) in [5, 5.41) is 2.85. The van der Waals surface area contributed by atoms with E-state index >= 15 is 0 Å². The quantitative estimate of drug-likeness (QED) is 0.547. The molecule has 5 nitrogen and oxygen atoms in total. The van der Waals surface area contributed by atoms with Gasteiger partial charge < -0.3 is 14.5 Å². The number of methoxy groups -OCH3 is 1. The molecular formula is C24H28N2O3. The lowest BCUT2D eigenvalue weighted by molar-refractivity contribution is 0.0921. The van der Waals surface area contributed by atoms with Crippen molar-refractivity contribution in [3.8, 4) is 5.75 Å². The van der Waals surface area contributed by atoms with Crippen LogP contribution < -0.4 is 10.1 Å². The molecule has 0 saturated heterocycles. The average Bonchev–Trinajstić information content (AvgIpc) is 3.22. The Morgan fingerprint density at radius 3 is 2.28 bits per heavy atom. The van der Waals surface area contributed by atoms with E-state index < -0.39 is 0 Å². The monoisotopic (exact) mass is 392 g/mol. The van der Waals surface area contributed by atoms with E-state index in [-0.39, 0.29) is 5.91 Å². The molecule has 5 heteroatoms. The number of ether oxygens (including phenoxy) is 1. The molecular weight excluding hydrogens is 364 g/mol. The fraction of sp³-hybridized carbons (Fsp3) is 0.292. The molecule has 0 unspecified atom stereocenters. The second-order valence-electron chi connectivity index (χ2n) is 7.00. The summed E-state index contributed by atoms with van der Waals surface area (Å²) < 4.78 is 11.1. The first-order valence-corrected chi connectivity index (χ1v) is 9.94. The zero-order valence-electron chi connectivity index (χ0n) is 17.1. The van der Waals surface area contributed by atoms with Gasteiger partial charge in [0.1, 0.15) is 11.5 Å². The number of carbonyl (C=O) groups is 1. The van der Waals surface area contributed by atoms with Crippen LogP contribution in [0.4, 0.5) is 0 Å². The van der Waals surface area contributed by atoms with Gasteiger partial charge in [0, 0.05) is 19.6 Å². The summed E-state index contributed by atoms with van der Waals surface area (Å²) in [7, 11) is 1.67. The molecule has 29 heavy (non-hydrogen) atoms. The SMILES string of the molecule is CCCNC(=O)c1ccc(CN(Cc2ccccc2)Cc2ccc(OC)cc2)o1. The number of amides is 1. The van der Waals surface area contributed by atoms with Crippen molar-refractivity contribution in [1.29, 1.82) is 0 Å². The maximum atomic E-state index is 12.1. The molecule has 3 aromatic rings. The summed E-state index contributed by atoms with van der Waals surface area (Å²) in [5.74, 6) is 1.81. The number of furan rings is 1. The summed E-state index contributed by atoms with van der Waals surface area (Å²) in [5.41, 5.74) is 2.42. The van der Waals surface area contributed by atoms with Crippen LogP contribution in [0.15, 0.2) is 71.1 Å². The summed E-state index contributed by atoms with van der Waals surface area (Å²) >= 11 is 0. The molecule has 0 aliphatic carbocycles. The molecule has 0 aliphatic heterocycles. The Morgan fingerprint density at radius 1 is 0.931 bits per heavy atom. The van der Waals surface area contributed by atoms with E-state index in [4.69, 9.17) is 9.15 Å². The molecule has 3 rings (SSSR count). The molecule has 1 N–H and O–H groups in total. The number of nitrogens with zero attached hydrogens (tertiary/aromatic N) is 1. The van der Waals surface area contributed by atoms with Crippen LogP contribution >= 0.6 is 0 Å². The van der Waals surface area contributed by atoms with Crippen molar-refractivity contribution in [1.82, 2.24) is 10.2 Å². The molecule has 2 aromatic carbocycles. The lowest BCUT2D eigenvalue weighted by Crippen LogP contribution is -2.23. The van der Waals surface area contributed by atoms with Crippen molar-refractivity contribution in [3.05, 3.63) is 89.4 Å². The molecule has 0 spiro atoms. The molecule has 1 heterocycles. The van der Waals surface area contributed by atoms with Crippen LogP contribution in [-0.2, 0) is 19.6 Å². The highest BCUT2D eigenvalue weighted by atomic mass is 16.5. The topological polar surface area (TPSA) is 54.7 Å². The maximum Gasteiger partial charge on any atom is 0.286 e. The molecule has 1 aromatic heterocycles. The predicted molar refractivity (Wildman–Crippen MR) is 114 cm³/mol. The molecule has 0 bridgehead atoms. The van der Waals surface area contributed by atoms with E-state index in [1.54, 1.807) is 13.2 Å². The standard InChI is InChI=1S/C24H28N2O3/c1-3-15-25-24(27)23-14-13-22(29-23)18-26(16-19-7-5-4-6-8-19)17-20-9-11-21(28-2)12-10-20/h4-14H,3,15-18H2,1-2H3,(H,25,27). The first kappa shape index (κ1) is 20.7. The lowest BCUT2D eigenvalue weighted by Gasteiger charge is -2.21. The van der Waals surface area contributed by atoms with Crippen LogP contribution in [0.2, 0.25) is 0 Å². The minimum atomic E-state index is -0.164. The van der Waals surface area contributed by atoms with E-state index in [0.717, 1.165) is 31.0 Å². The van der Waals surface area contributed by atoms with E-state index in [9.17, 15) is 4.79 Å². The number of benzene rings is 2. The van der Waals surface area contributed by atoms with Gasteiger partial charge in [-0.05, 0) is 41.8 Å². The van der Waals surface area contributed by atoms with Crippen LogP contribution in [0.5, 0.6) is 5.75 Å². The molecule has 0 fully saturated rings. The highest BCUT2D eigenvalue weighted by molar-refractivity contribution is 5.91. The van der Waals surface area contributed by atoms with E-state index in [0.29, 0.717) is 18.8 Å². The van der Waals surface area contributed by atoms with Crippen molar-refractivity contribution in [2.24, 2.45) is 0 Å². The summed E-state index contributed by atoms with van der Waals surface area (Å²) in [6.07, 6.45) is 0.895. The Labute approximate surface area is 172 Å². The Morgan fingerprint density at radius 2 is 1.62 bits per heavy atom. The summed E-state index contributed by atoms with van der Waals surface area (Å²) in [6, 6.07) is 22.1. The van der Waals surface area contributed by atoms with Gasteiger partial charge in [-0.25, -0.2) is 0 Å². The van der Waals surface area contributed by atoms with Gasteiger partial charge in [0.25, 0.3) is 5.91 Å². The minimum Gasteiger partial charge on any atom is -0.497 e. The summed E-state index contributed by atoms with van der Waals surface area (Å²) in [6.45, 7) is 4.82. The number of nitrogens with one attached hydrogen (secondary N) is 1. The predicted octanol–water partition coefficient (Wildman–Crippen LogP) is 4.63. The van der Waals surface area contributed by atoms with Crippen molar-refractivity contribution < 1.29 is 13.9 Å². The summed E-state index contributed by atoms with van der Waals surface area (Å²) in [4.78, 5) is 14.4. The highest BCUT2D eigenvalue weighted by Gasteiger charge is 2.14. The normalized spacial score (nSPS) is 10.9. The van der Waals surface area contributed by atoms with Gasteiger partial charge in [-0.15, -0.1) is 0 Å². The van der Waals surface area contributed by atoms with Crippen LogP contribution in [0, 0.1) is 0 Å². The lowest BCUT2D eigenvalue weighted by atomic mass is 10.1. The second kappa shape index (κ2) is 10.5. The van der Waals surface area contributed by atoms with Gasteiger partial charge in [0.15, 0.2) is 5.76 Å². The van der Waals surface area contributed by atoms with Gasteiger partial charge in [-0.2, -0.15) is 0 Å². The van der Waals surface area contributed by atoms with Crippen molar-refractivity contribution in [2.75, 3.05) is 13.7 Å². The highest BCUT2D eigenvalue weighted by Crippen LogP contribution is 2.18. The van der Waals surface area contributed by atoms with Crippen LogP contribution in [0.1, 0.15) is 40.8 Å². The second-order valence-corrected chi connectivity index (χ2v) is 7.00. The van der Waals surface area contributed by atoms with E-state index in [1.807, 2.05) is 43.3 Å². The molecule has 0 aliphatic rings. The fourth-order valence-corrected chi connectivity index (χ4v) is 3.13. The van der Waals surface area contributed by atoms with Crippen LogP contribution in [-0.4, -0.2) is 24.5 Å². The average molecular weight is 392 g/mol. The molecule has 1 amide bonds. The Kier molecular flexibility index (Phi) is 7.47. The van der Waals surface area contributed by atoms with E-state index in [2.05, 4.69) is 34.5 Å². The minimum absolute atomic E-state index is 0.164. The first-order chi connectivity index (χ1) is 14.2. The Hall–Kier alpha value is -3.05. The molecule has 0 saturated carbocycles. The smallest absolute Gasteiger partial charge is 0.286 e. The van der Waals surface area contributed by atoms with Crippen molar-refractivity contribution >= 4 is 5.91 Å². The number of carbonyl (C=O) groups excluding carboxylic acids is 1. The third-order valence-corrected chi connectivity index (χ3v) is 4.61. The van der Waals surface area contributed by atoms with Gasteiger partial charge in [0.05, 0.1) is 13.7 Å². The van der Waals surface area contributed by atoms with Crippen LogP contribution in [0.25, 0.3) is 0 Å². The number of rotatable bonds is 10. The number of hydrogen-bond donors (Lipinski definition) is 1. The fourth-order valence-electron chi connectivity index (χ4n) is 3.13. The third-order valence-electron chi connectivity index (χ3n) is 4.61.